The molecule has 5 rings (SSSR count). The summed E-state index contributed by atoms with van der Waals surface area (Å²) in [5.41, 5.74) is 5.42. The number of anilines is 2. The molecule has 3 heterocycles. The second-order valence-electron chi connectivity index (χ2n) is 9.15. The molecule has 1 aromatic carbocycles. The Morgan fingerprint density at radius 1 is 1.18 bits per heavy atom. The zero-order valence-electron chi connectivity index (χ0n) is 19.7. The molecule has 34 heavy (non-hydrogen) atoms. The van der Waals surface area contributed by atoms with E-state index in [0.717, 1.165) is 52.5 Å². The molecule has 1 fully saturated rings. The Balaban J connectivity index is 1.43. The molecule has 0 bridgehead atoms. The van der Waals surface area contributed by atoms with Crippen LogP contribution in [0, 0.1) is 20.8 Å². The van der Waals surface area contributed by atoms with Gasteiger partial charge in [0.2, 0.25) is 11.8 Å². The first-order chi connectivity index (χ1) is 16.4. The zero-order valence-corrected chi connectivity index (χ0v) is 20.5. The van der Waals surface area contributed by atoms with Gasteiger partial charge in [0.05, 0.1) is 27.8 Å². The molecule has 0 spiro atoms. The first-order valence-electron chi connectivity index (χ1n) is 11.8. The van der Waals surface area contributed by atoms with Crippen LogP contribution in [0.25, 0.3) is 11.1 Å². The summed E-state index contributed by atoms with van der Waals surface area (Å²) < 4.78 is 5.36. The Morgan fingerprint density at radius 2 is 2.03 bits per heavy atom. The Morgan fingerprint density at radius 3 is 2.79 bits per heavy atom. The van der Waals surface area contributed by atoms with Crippen LogP contribution in [0.2, 0.25) is 0 Å². The average molecular weight is 480 g/mol. The van der Waals surface area contributed by atoms with Crippen LogP contribution in [-0.2, 0) is 22.4 Å². The summed E-state index contributed by atoms with van der Waals surface area (Å²) in [4.78, 5) is 30.9. The highest BCUT2D eigenvalue weighted by Gasteiger charge is 2.27. The second kappa shape index (κ2) is 9.21. The number of hydrogen-bond acceptors (Lipinski definition) is 7. The number of aromatic nitrogens is 2. The van der Waals surface area contributed by atoms with E-state index in [1.54, 1.807) is 11.3 Å². The normalized spacial score (nSPS) is 19.9. The zero-order chi connectivity index (χ0) is 23.8. The van der Waals surface area contributed by atoms with Crippen LogP contribution < -0.4 is 16.0 Å². The number of nitrogens with one attached hydrogen (secondary N) is 3. The van der Waals surface area contributed by atoms with Crippen LogP contribution >= 0.6 is 11.3 Å². The van der Waals surface area contributed by atoms with Crippen molar-refractivity contribution in [2.75, 3.05) is 10.6 Å². The smallest absolute Gasteiger partial charge is 0.247 e. The lowest BCUT2D eigenvalue weighted by molar-refractivity contribution is -0.128. The van der Waals surface area contributed by atoms with Crippen molar-refractivity contribution in [3.63, 3.8) is 0 Å². The van der Waals surface area contributed by atoms with Crippen molar-refractivity contribution in [3.8, 4) is 11.1 Å². The summed E-state index contributed by atoms with van der Waals surface area (Å²) in [5.74, 6) is 0.457. The lowest BCUT2D eigenvalue weighted by atomic mass is 9.96. The van der Waals surface area contributed by atoms with E-state index >= 15 is 0 Å². The van der Waals surface area contributed by atoms with Crippen molar-refractivity contribution in [2.45, 2.75) is 71.4 Å². The Bertz CT molecular complexity index is 1230. The molecule has 2 amide bonds. The van der Waals surface area contributed by atoms with Gasteiger partial charge in [-0.05, 0) is 64.2 Å². The minimum atomic E-state index is -0.519. The summed E-state index contributed by atoms with van der Waals surface area (Å²) in [6, 6.07) is 5.72. The fourth-order valence-electron chi connectivity index (χ4n) is 4.89. The van der Waals surface area contributed by atoms with Crippen molar-refractivity contribution < 1.29 is 14.1 Å². The molecule has 3 aromatic rings. The highest BCUT2D eigenvalue weighted by Crippen LogP contribution is 2.35. The van der Waals surface area contributed by atoms with Crippen LogP contribution in [0.15, 0.2) is 22.7 Å². The number of carbonyl (C=O) groups is 2. The van der Waals surface area contributed by atoms with Crippen LogP contribution in [0.5, 0.6) is 0 Å². The molecule has 0 radical (unpaired) electrons. The lowest BCUT2D eigenvalue weighted by Crippen LogP contribution is -2.46. The molecular weight excluding hydrogens is 450 g/mol. The van der Waals surface area contributed by atoms with E-state index in [0.29, 0.717) is 24.9 Å². The summed E-state index contributed by atoms with van der Waals surface area (Å²) in [5, 5.41) is 14.7. The van der Waals surface area contributed by atoms with E-state index in [2.05, 4.69) is 33.0 Å². The lowest BCUT2D eigenvalue weighted by Gasteiger charge is -2.26. The van der Waals surface area contributed by atoms with Crippen LogP contribution in [0.3, 0.4) is 0 Å². The number of fused-ring (bicyclic) bond motifs is 1. The van der Waals surface area contributed by atoms with Gasteiger partial charge in [-0.15, -0.1) is 11.3 Å². The molecular formula is C25H29N5O3S. The van der Waals surface area contributed by atoms with Gasteiger partial charge in [0.15, 0.2) is 0 Å². The molecule has 8 nitrogen and oxygen atoms in total. The van der Waals surface area contributed by atoms with Crippen molar-refractivity contribution >= 4 is 34.5 Å². The molecule has 3 N–H and O–H groups in total. The standard InChI is InChI=1S/C25H29N5O3S/c1-13-24(14(2)33-30-13)16-7-9-18(27-17-8-10-19-22(12-17)34-15(3)26-19)21(11-16)29-25(32)20-5-4-6-23(31)28-20/h7,9,11,17,20,27H,4-6,8,10,12H2,1-3H3,(H,28,31)(H,29,32)/t17-,20+/m1/s1. The molecule has 2 aromatic heterocycles. The monoisotopic (exact) mass is 479 g/mol. The Labute approximate surface area is 202 Å². The fourth-order valence-corrected chi connectivity index (χ4v) is 5.96. The van der Waals surface area contributed by atoms with Gasteiger partial charge < -0.3 is 20.5 Å². The van der Waals surface area contributed by atoms with E-state index in [1.807, 2.05) is 32.0 Å². The van der Waals surface area contributed by atoms with Crippen LogP contribution in [-0.4, -0.2) is 34.0 Å². The minimum absolute atomic E-state index is 0.0768. The number of rotatable bonds is 5. The maximum atomic E-state index is 13.1. The number of thiazole rings is 1. The maximum absolute atomic E-state index is 13.1. The number of hydrogen-bond donors (Lipinski definition) is 3. The topological polar surface area (TPSA) is 109 Å². The average Bonchev–Trinajstić information content (AvgIpc) is 3.35. The van der Waals surface area contributed by atoms with Gasteiger partial charge in [-0.1, -0.05) is 11.2 Å². The van der Waals surface area contributed by atoms with E-state index in [9.17, 15) is 9.59 Å². The summed E-state index contributed by atoms with van der Waals surface area (Å²) in [6.07, 6.45) is 4.67. The van der Waals surface area contributed by atoms with Gasteiger partial charge in [-0.25, -0.2) is 4.98 Å². The van der Waals surface area contributed by atoms with Gasteiger partial charge in [-0.2, -0.15) is 0 Å². The predicted octanol–water partition coefficient (Wildman–Crippen LogP) is 4.30. The quantitative estimate of drug-likeness (QED) is 0.503. The van der Waals surface area contributed by atoms with Crippen molar-refractivity contribution in [1.82, 2.24) is 15.5 Å². The van der Waals surface area contributed by atoms with Gasteiger partial charge in [0, 0.05) is 29.3 Å². The van der Waals surface area contributed by atoms with Gasteiger partial charge in [-0.3, -0.25) is 9.59 Å². The Hall–Kier alpha value is -3.20. The SMILES string of the molecule is Cc1nc2c(s1)C[C@H](Nc1ccc(-c3c(C)noc3C)cc1NC(=O)[C@@H]1CCCC(=O)N1)CC2. The molecule has 2 aliphatic rings. The van der Waals surface area contributed by atoms with Crippen molar-refractivity contribution in [2.24, 2.45) is 0 Å². The molecule has 1 saturated heterocycles. The second-order valence-corrected chi connectivity index (χ2v) is 10.4. The van der Waals surface area contributed by atoms with Crippen molar-refractivity contribution in [1.29, 1.82) is 0 Å². The number of carbonyl (C=O) groups excluding carboxylic acids is 2. The number of nitrogens with zero attached hydrogens (tertiary/aromatic N) is 2. The van der Waals surface area contributed by atoms with E-state index < -0.39 is 6.04 Å². The molecule has 1 aliphatic heterocycles. The van der Waals surface area contributed by atoms with Crippen LogP contribution in [0.1, 0.15) is 52.7 Å². The maximum Gasteiger partial charge on any atom is 0.247 e. The largest absolute Gasteiger partial charge is 0.380 e. The molecule has 1 aliphatic carbocycles. The van der Waals surface area contributed by atoms with E-state index in [-0.39, 0.29) is 17.9 Å². The third kappa shape index (κ3) is 4.57. The summed E-state index contributed by atoms with van der Waals surface area (Å²) >= 11 is 1.76. The van der Waals surface area contributed by atoms with Gasteiger partial charge in [0.1, 0.15) is 11.8 Å². The van der Waals surface area contributed by atoms with E-state index in [1.165, 1.54) is 10.6 Å². The molecule has 9 heteroatoms. The first-order valence-corrected chi connectivity index (χ1v) is 12.6. The fraction of sp³-hybridized carbons (Fsp3) is 0.440. The van der Waals surface area contributed by atoms with E-state index in [4.69, 9.17) is 4.52 Å². The molecule has 178 valence electrons. The Kier molecular flexibility index (Phi) is 6.12. The third-order valence-electron chi connectivity index (χ3n) is 6.55. The predicted molar refractivity (Wildman–Crippen MR) is 132 cm³/mol. The third-order valence-corrected chi connectivity index (χ3v) is 7.59. The van der Waals surface area contributed by atoms with Gasteiger partial charge >= 0.3 is 0 Å². The first kappa shape index (κ1) is 22.6. The molecule has 0 unspecified atom stereocenters. The number of piperidine rings is 1. The number of amides is 2. The summed E-state index contributed by atoms with van der Waals surface area (Å²) in [7, 11) is 0. The van der Waals surface area contributed by atoms with Gasteiger partial charge in [0.25, 0.3) is 0 Å². The molecule has 0 saturated carbocycles. The number of aryl methyl sites for hydroxylation is 4. The highest BCUT2D eigenvalue weighted by atomic mass is 32.1. The summed E-state index contributed by atoms with van der Waals surface area (Å²) in [6.45, 7) is 5.84. The molecule has 2 atom stereocenters. The van der Waals surface area contributed by atoms with Crippen molar-refractivity contribution in [3.05, 3.63) is 45.2 Å². The van der Waals surface area contributed by atoms with Crippen LogP contribution in [0.4, 0.5) is 11.4 Å². The highest BCUT2D eigenvalue weighted by molar-refractivity contribution is 7.11. The number of benzene rings is 1. The minimum Gasteiger partial charge on any atom is -0.380 e.